The first kappa shape index (κ1) is 15.3. The Kier molecular flexibility index (Phi) is 4.43. The van der Waals surface area contributed by atoms with Crippen molar-refractivity contribution in [1.29, 1.82) is 0 Å². The van der Waals surface area contributed by atoms with E-state index in [1.54, 1.807) is 0 Å². The fourth-order valence-electron chi connectivity index (χ4n) is 2.57. The molecule has 2 rings (SSSR count). The number of hydrogen-bond donors (Lipinski definition) is 0. The maximum absolute atomic E-state index is 12.2. The predicted octanol–water partition coefficient (Wildman–Crippen LogP) is 2.04. The van der Waals surface area contributed by atoms with Gasteiger partial charge in [0.2, 0.25) is 0 Å². The Bertz CT molecular complexity index is 519. The second-order valence-corrected chi connectivity index (χ2v) is 4.91. The SMILES string of the molecule is C=C1CO[C@@H](c2ccccc2)CC1(C(=O)OC)C(=O)OC. The molecule has 0 spiro atoms. The molecule has 1 fully saturated rings. The van der Waals surface area contributed by atoms with Gasteiger partial charge in [-0.3, -0.25) is 9.59 Å². The van der Waals surface area contributed by atoms with Gasteiger partial charge in [-0.2, -0.15) is 0 Å². The summed E-state index contributed by atoms with van der Waals surface area (Å²) >= 11 is 0. The standard InChI is InChI=1S/C16H18O5/c1-11-10-21-13(12-7-5-4-6-8-12)9-16(11,14(17)19-2)15(18)20-3/h4-8,13H,1,9-10H2,2-3H3/t13-/m1/s1. The molecule has 5 nitrogen and oxygen atoms in total. The highest BCUT2D eigenvalue weighted by molar-refractivity contribution is 6.03. The first-order valence-corrected chi connectivity index (χ1v) is 6.58. The van der Waals surface area contributed by atoms with Gasteiger partial charge >= 0.3 is 11.9 Å². The van der Waals surface area contributed by atoms with Gasteiger partial charge in [0, 0.05) is 6.42 Å². The third-order valence-corrected chi connectivity index (χ3v) is 3.79. The second kappa shape index (κ2) is 6.10. The lowest BCUT2D eigenvalue weighted by Gasteiger charge is -2.38. The van der Waals surface area contributed by atoms with Crippen LogP contribution in [-0.4, -0.2) is 32.8 Å². The van der Waals surface area contributed by atoms with Gasteiger partial charge in [-0.25, -0.2) is 0 Å². The highest BCUT2D eigenvalue weighted by atomic mass is 16.5. The zero-order chi connectivity index (χ0) is 15.5. The van der Waals surface area contributed by atoms with Gasteiger partial charge in [0.15, 0.2) is 5.41 Å². The number of carbonyl (C=O) groups excluding carboxylic acids is 2. The van der Waals surface area contributed by atoms with E-state index in [2.05, 4.69) is 6.58 Å². The lowest BCUT2D eigenvalue weighted by Crippen LogP contribution is -2.47. The van der Waals surface area contributed by atoms with Crippen LogP contribution < -0.4 is 0 Å². The fourth-order valence-corrected chi connectivity index (χ4v) is 2.57. The molecule has 1 heterocycles. The van der Waals surface area contributed by atoms with Crippen molar-refractivity contribution in [3.05, 3.63) is 48.0 Å². The Labute approximate surface area is 123 Å². The average Bonchev–Trinajstić information content (AvgIpc) is 2.54. The van der Waals surface area contributed by atoms with E-state index in [1.807, 2.05) is 30.3 Å². The molecule has 0 radical (unpaired) electrons. The molecule has 112 valence electrons. The molecule has 0 aliphatic carbocycles. The van der Waals surface area contributed by atoms with E-state index in [9.17, 15) is 9.59 Å². The Hall–Kier alpha value is -2.14. The lowest BCUT2D eigenvalue weighted by molar-refractivity contribution is -0.172. The van der Waals surface area contributed by atoms with E-state index in [4.69, 9.17) is 14.2 Å². The summed E-state index contributed by atoms with van der Waals surface area (Å²) in [5.41, 5.74) is -0.266. The zero-order valence-corrected chi connectivity index (χ0v) is 12.1. The first-order valence-electron chi connectivity index (χ1n) is 6.58. The Morgan fingerprint density at radius 1 is 1.19 bits per heavy atom. The molecule has 0 aromatic heterocycles. The van der Waals surface area contributed by atoms with E-state index >= 15 is 0 Å². The number of esters is 2. The minimum atomic E-state index is -1.51. The van der Waals surface area contributed by atoms with Crippen molar-refractivity contribution in [3.63, 3.8) is 0 Å². The quantitative estimate of drug-likeness (QED) is 0.484. The number of ether oxygens (including phenoxy) is 3. The van der Waals surface area contributed by atoms with Crippen molar-refractivity contribution in [2.45, 2.75) is 12.5 Å². The molecule has 1 saturated heterocycles. The summed E-state index contributed by atoms with van der Waals surface area (Å²) in [6, 6.07) is 9.41. The van der Waals surface area contributed by atoms with Crippen LogP contribution in [0.3, 0.4) is 0 Å². The molecule has 0 N–H and O–H groups in total. The average molecular weight is 290 g/mol. The minimum Gasteiger partial charge on any atom is -0.468 e. The topological polar surface area (TPSA) is 61.8 Å². The zero-order valence-electron chi connectivity index (χ0n) is 12.1. The molecule has 0 amide bonds. The monoisotopic (exact) mass is 290 g/mol. The molecule has 1 aliphatic heterocycles. The summed E-state index contributed by atoms with van der Waals surface area (Å²) in [6.07, 6.45) is -0.273. The largest absolute Gasteiger partial charge is 0.468 e. The van der Waals surface area contributed by atoms with Gasteiger partial charge < -0.3 is 14.2 Å². The number of methoxy groups -OCH3 is 2. The molecular formula is C16H18O5. The molecule has 5 heteroatoms. The van der Waals surface area contributed by atoms with E-state index in [0.29, 0.717) is 5.57 Å². The van der Waals surface area contributed by atoms with Crippen molar-refractivity contribution in [3.8, 4) is 0 Å². The second-order valence-electron chi connectivity index (χ2n) is 4.91. The van der Waals surface area contributed by atoms with Crippen LogP contribution in [0.2, 0.25) is 0 Å². The smallest absolute Gasteiger partial charge is 0.327 e. The van der Waals surface area contributed by atoms with Gasteiger partial charge in [-0.1, -0.05) is 36.9 Å². The highest BCUT2D eigenvalue weighted by Crippen LogP contribution is 2.44. The molecule has 0 bridgehead atoms. The summed E-state index contributed by atoms with van der Waals surface area (Å²) in [7, 11) is 2.49. The van der Waals surface area contributed by atoms with Crippen LogP contribution >= 0.6 is 0 Å². The minimum absolute atomic E-state index is 0.101. The van der Waals surface area contributed by atoms with Gasteiger partial charge in [-0.05, 0) is 11.1 Å². The third kappa shape index (κ3) is 2.56. The third-order valence-electron chi connectivity index (χ3n) is 3.79. The molecule has 1 aliphatic rings. The molecule has 1 atom stereocenters. The first-order chi connectivity index (χ1) is 10.1. The van der Waals surface area contributed by atoms with Crippen molar-refractivity contribution in [1.82, 2.24) is 0 Å². The molecule has 1 aromatic carbocycles. The van der Waals surface area contributed by atoms with Crippen LogP contribution in [0.5, 0.6) is 0 Å². The Balaban J connectivity index is 2.40. The fraction of sp³-hybridized carbons (Fsp3) is 0.375. The van der Waals surface area contributed by atoms with Crippen molar-refractivity contribution in [2.24, 2.45) is 5.41 Å². The van der Waals surface area contributed by atoms with Gasteiger partial charge in [-0.15, -0.1) is 0 Å². The maximum Gasteiger partial charge on any atom is 0.327 e. The van der Waals surface area contributed by atoms with Crippen molar-refractivity contribution < 1.29 is 23.8 Å². The number of benzene rings is 1. The normalized spacial score (nSPS) is 20.7. The van der Waals surface area contributed by atoms with Crippen LogP contribution in [-0.2, 0) is 23.8 Å². The number of hydrogen-bond acceptors (Lipinski definition) is 5. The summed E-state index contributed by atoms with van der Waals surface area (Å²) in [5, 5.41) is 0. The van der Waals surface area contributed by atoms with Crippen molar-refractivity contribution in [2.75, 3.05) is 20.8 Å². The lowest BCUT2D eigenvalue weighted by atomic mass is 9.73. The van der Waals surface area contributed by atoms with Crippen molar-refractivity contribution >= 4 is 11.9 Å². The summed E-state index contributed by atoms with van der Waals surface area (Å²) in [4.78, 5) is 24.5. The molecule has 21 heavy (non-hydrogen) atoms. The Morgan fingerprint density at radius 3 is 2.29 bits per heavy atom. The van der Waals surface area contributed by atoms with E-state index in [-0.39, 0.29) is 13.0 Å². The van der Waals surface area contributed by atoms with Gasteiger partial charge in [0.25, 0.3) is 0 Å². The number of rotatable bonds is 3. The molecule has 1 aromatic rings. The molecule has 0 saturated carbocycles. The Morgan fingerprint density at radius 2 is 1.76 bits per heavy atom. The van der Waals surface area contributed by atoms with Gasteiger partial charge in [0.05, 0.1) is 26.9 Å². The van der Waals surface area contributed by atoms with Gasteiger partial charge in [0.1, 0.15) is 0 Å². The van der Waals surface area contributed by atoms with Crippen LogP contribution in [0.1, 0.15) is 18.1 Å². The van der Waals surface area contributed by atoms with Crippen LogP contribution in [0.15, 0.2) is 42.5 Å². The van der Waals surface area contributed by atoms with Crippen LogP contribution in [0.25, 0.3) is 0 Å². The summed E-state index contributed by atoms with van der Waals surface area (Å²) in [5.74, 6) is -1.33. The van der Waals surface area contributed by atoms with Crippen LogP contribution in [0, 0.1) is 5.41 Å². The van der Waals surface area contributed by atoms with Crippen LogP contribution in [0.4, 0.5) is 0 Å². The molecule has 0 unspecified atom stereocenters. The number of carbonyl (C=O) groups is 2. The van der Waals surface area contributed by atoms with E-state index < -0.39 is 23.5 Å². The van der Waals surface area contributed by atoms with E-state index in [1.165, 1.54) is 14.2 Å². The summed E-state index contributed by atoms with van der Waals surface area (Å²) in [6.45, 7) is 3.91. The maximum atomic E-state index is 12.2. The predicted molar refractivity (Wildman–Crippen MR) is 75.4 cm³/mol. The molecular weight excluding hydrogens is 272 g/mol. The van der Waals surface area contributed by atoms with E-state index in [0.717, 1.165) is 5.56 Å². The highest BCUT2D eigenvalue weighted by Gasteiger charge is 2.54. The summed E-state index contributed by atoms with van der Waals surface area (Å²) < 4.78 is 15.3.